The Morgan fingerprint density at radius 3 is 2.53 bits per heavy atom. The van der Waals surface area contributed by atoms with Gasteiger partial charge in [-0.3, -0.25) is 5.01 Å². The molecule has 0 saturated carbocycles. The van der Waals surface area contributed by atoms with Crippen LogP contribution in [0.2, 0.25) is 5.02 Å². The number of benzene rings is 1. The van der Waals surface area contributed by atoms with Crippen molar-refractivity contribution in [1.29, 1.82) is 0 Å². The predicted octanol–water partition coefficient (Wildman–Crippen LogP) is 3.26. The van der Waals surface area contributed by atoms with Crippen molar-refractivity contribution in [2.45, 2.75) is 6.17 Å². The molecule has 6 nitrogen and oxygen atoms in total. The van der Waals surface area contributed by atoms with Crippen molar-refractivity contribution in [1.82, 2.24) is 5.01 Å². The van der Waals surface area contributed by atoms with Crippen LogP contribution in [0, 0.1) is 4.91 Å². The number of halogens is 1. The Morgan fingerprint density at radius 1 is 1.47 bits per heavy atom. The van der Waals surface area contributed by atoms with E-state index >= 15 is 0 Å². The quantitative estimate of drug-likeness (QED) is 0.259. The van der Waals surface area contributed by atoms with E-state index in [-0.39, 0.29) is 0 Å². The van der Waals surface area contributed by atoms with Crippen LogP contribution in [0.3, 0.4) is 0 Å². The fourth-order valence-corrected chi connectivity index (χ4v) is 1.21. The molecule has 0 aliphatic rings. The van der Waals surface area contributed by atoms with Crippen LogP contribution in [0.5, 0.6) is 0 Å². The van der Waals surface area contributed by atoms with E-state index in [1.54, 1.807) is 24.3 Å². The van der Waals surface area contributed by atoms with Gasteiger partial charge in [-0.05, 0) is 23.2 Å². The van der Waals surface area contributed by atoms with Crippen LogP contribution in [0.4, 0.5) is 0 Å². The van der Waals surface area contributed by atoms with Gasteiger partial charge in [0.1, 0.15) is 0 Å². The summed E-state index contributed by atoms with van der Waals surface area (Å²) in [6.07, 6.45) is -0.746. The number of nitroso groups, excluding NO2 is 1. The summed E-state index contributed by atoms with van der Waals surface area (Å²) in [4.78, 5) is 13.0. The molecular formula is C8H8ClN5O. The molecule has 0 amide bonds. The van der Waals surface area contributed by atoms with Crippen molar-refractivity contribution in [2.75, 3.05) is 7.05 Å². The van der Waals surface area contributed by atoms with E-state index in [1.807, 2.05) is 0 Å². The summed E-state index contributed by atoms with van der Waals surface area (Å²) in [6, 6.07) is 6.64. The van der Waals surface area contributed by atoms with Gasteiger partial charge in [0, 0.05) is 17.0 Å². The van der Waals surface area contributed by atoms with Crippen molar-refractivity contribution >= 4 is 11.6 Å². The number of hydrogen-bond acceptors (Lipinski definition) is 3. The van der Waals surface area contributed by atoms with E-state index in [0.29, 0.717) is 10.6 Å². The van der Waals surface area contributed by atoms with Gasteiger partial charge in [-0.15, -0.1) is 4.91 Å². The van der Waals surface area contributed by atoms with Crippen molar-refractivity contribution in [3.8, 4) is 0 Å². The molecule has 1 aromatic rings. The molecule has 1 atom stereocenters. The molecule has 0 aromatic heterocycles. The summed E-state index contributed by atoms with van der Waals surface area (Å²) in [5.74, 6) is 0. The van der Waals surface area contributed by atoms with Gasteiger partial charge in [-0.2, -0.15) is 0 Å². The predicted molar refractivity (Wildman–Crippen MR) is 56.9 cm³/mol. The summed E-state index contributed by atoms with van der Waals surface area (Å²) in [7, 11) is 1.43. The summed E-state index contributed by atoms with van der Waals surface area (Å²) in [6.45, 7) is 0. The molecule has 1 rings (SSSR count). The Balaban J connectivity index is 3.03. The highest BCUT2D eigenvalue weighted by Crippen LogP contribution is 2.22. The molecular weight excluding hydrogens is 218 g/mol. The molecule has 78 valence electrons. The molecule has 0 fully saturated rings. The Hall–Kier alpha value is -1.78. The first kappa shape index (κ1) is 11.3. The van der Waals surface area contributed by atoms with Gasteiger partial charge in [0.2, 0.25) is 0 Å². The maximum absolute atomic E-state index is 10.3. The molecule has 0 radical (unpaired) electrons. The largest absolute Gasteiger partial charge is 0.251 e. The van der Waals surface area contributed by atoms with E-state index in [9.17, 15) is 4.91 Å². The third-order valence-electron chi connectivity index (χ3n) is 1.81. The van der Waals surface area contributed by atoms with Crippen LogP contribution < -0.4 is 0 Å². The second-order valence-electron chi connectivity index (χ2n) is 2.79. The van der Waals surface area contributed by atoms with Crippen molar-refractivity contribution in [3.63, 3.8) is 0 Å². The standard InChI is InChI=1S/C8H8ClN5O/c1-14(13-15)8(11-12-10)6-2-4-7(9)5-3-6/h2-5,8H,1H3. The number of rotatable bonds is 4. The highest BCUT2D eigenvalue weighted by atomic mass is 35.5. The van der Waals surface area contributed by atoms with Gasteiger partial charge in [-0.25, -0.2) is 0 Å². The first-order valence-corrected chi connectivity index (χ1v) is 4.42. The highest BCUT2D eigenvalue weighted by Gasteiger charge is 2.14. The first-order chi connectivity index (χ1) is 7.19. The van der Waals surface area contributed by atoms with E-state index in [2.05, 4.69) is 15.3 Å². The van der Waals surface area contributed by atoms with Crippen LogP contribution >= 0.6 is 11.6 Å². The molecule has 0 heterocycles. The lowest BCUT2D eigenvalue weighted by Crippen LogP contribution is -2.15. The molecule has 0 saturated heterocycles. The molecule has 1 aromatic carbocycles. The van der Waals surface area contributed by atoms with Gasteiger partial charge in [0.25, 0.3) is 0 Å². The van der Waals surface area contributed by atoms with Crippen molar-refractivity contribution in [2.24, 2.45) is 10.4 Å². The Labute approximate surface area is 91.0 Å². The molecule has 1 unspecified atom stereocenters. The lowest BCUT2D eigenvalue weighted by Gasteiger charge is -2.17. The minimum Gasteiger partial charge on any atom is -0.251 e. The molecule has 0 spiro atoms. The SMILES string of the molecule is CN(N=O)C(N=[N+]=[N-])c1ccc(Cl)cc1. The molecule has 0 aliphatic heterocycles. The summed E-state index contributed by atoms with van der Waals surface area (Å²) >= 11 is 5.70. The Kier molecular flexibility index (Phi) is 3.91. The third kappa shape index (κ3) is 2.83. The molecule has 0 N–H and O–H groups in total. The molecule has 15 heavy (non-hydrogen) atoms. The number of hydrogen-bond donors (Lipinski definition) is 0. The van der Waals surface area contributed by atoms with Crippen molar-refractivity contribution in [3.05, 3.63) is 50.2 Å². The third-order valence-corrected chi connectivity index (χ3v) is 2.06. The molecule has 0 bridgehead atoms. The topological polar surface area (TPSA) is 81.4 Å². The fraction of sp³-hybridized carbons (Fsp3) is 0.250. The molecule has 0 aliphatic carbocycles. The van der Waals surface area contributed by atoms with Crippen LogP contribution in [-0.4, -0.2) is 12.1 Å². The maximum Gasteiger partial charge on any atom is 0.153 e. The summed E-state index contributed by atoms with van der Waals surface area (Å²) in [5.41, 5.74) is 9.01. The minimum atomic E-state index is -0.746. The number of nitrogens with zero attached hydrogens (tertiary/aromatic N) is 5. The second-order valence-corrected chi connectivity index (χ2v) is 3.22. The smallest absolute Gasteiger partial charge is 0.153 e. The highest BCUT2D eigenvalue weighted by molar-refractivity contribution is 6.30. The normalized spacial score (nSPS) is 11.3. The van der Waals surface area contributed by atoms with Gasteiger partial charge >= 0.3 is 0 Å². The van der Waals surface area contributed by atoms with Gasteiger partial charge in [0.15, 0.2) is 6.17 Å². The van der Waals surface area contributed by atoms with Crippen molar-refractivity contribution < 1.29 is 0 Å². The number of azide groups is 1. The van der Waals surface area contributed by atoms with Crippen LogP contribution in [-0.2, 0) is 0 Å². The van der Waals surface area contributed by atoms with E-state index in [1.165, 1.54) is 7.05 Å². The van der Waals surface area contributed by atoms with Gasteiger partial charge in [0.05, 0.1) is 5.29 Å². The lowest BCUT2D eigenvalue weighted by atomic mass is 10.2. The van der Waals surface area contributed by atoms with Crippen LogP contribution in [0.15, 0.2) is 34.7 Å². The molecule has 7 heteroatoms. The minimum absolute atomic E-state index is 0.570. The Morgan fingerprint density at radius 2 is 2.07 bits per heavy atom. The van der Waals surface area contributed by atoms with E-state index in [0.717, 1.165) is 5.01 Å². The summed E-state index contributed by atoms with van der Waals surface area (Å²) < 4.78 is 0. The fourth-order valence-electron chi connectivity index (χ4n) is 1.09. The van der Waals surface area contributed by atoms with Crippen LogP contribution in [0.25, 0.3) is 10.4 Å². The summed E-state index contributed by atoms with van der Waals surface area (Å²) in [5, 5.41) is 7.76. The van der Waals surface area contributed by atoms with E-state index in [4.69, 9.17) is 17.1 Å². The van der Waals surface area contributed by atoms with Gasteiger partial charge in [-0.1, -0.05) is 28.8 Å². The maximum atomic E-state index is 10.3. The van der Waals surface area contributed by atoms with E-state index < -0.39 is 6.17 Å². The zero-order chi connectivity index (χ0) is 11.3. The average Bonchev–Trinajstić information content (AvgIpc) is 2.26. The van der Waals surface area contributed by atoms with Gasteiger partial charge < -0.3 is 0 Å². The second kappa shape index (κ2) is 5.19. The lowest BCUT2D eigenvalue weighted by molar-refractivity contribution is 0.259. The monoisotopic (exact) mass is 225 g/mol. The Bertz CT molecular complexity index is 387. The average molecular weight is 226 g/mol. The van der Waals surface area contributed by atoms with Crippen LogP contribution in [0.1, 0.15) is 11.7 Å². The first-order valence-electron chi connectivity index (χ1n) is 4.05. The zero-order valence-corrected chi connectivity index (χ0v) is 8.66. The zero-order valence-electron chi connectivity index (χ0n) is 7.91.